The SMILES string of the molecule is COc1ccc(OC)c(NCc2cc(F)c(F)c(F)c2)c1. The van der Waals surface area contributed by atoms with Crippen LogP contribution in [-0.2, 0) is 6.54 Å². The highest BCUT2D eigenvalue weighted by atomic mass is 19.2. The van der Waals surface area contributed by atoms with Gasteiger partial charge in [0.05, 0.1) is 19.9 Å². The first-order valence-electron chi connectivity index (χ1n) is 6.14. The number of benzene rings is 2. The van der Waals surface area contributed by atoms with Crippen LogP contribution in [0.5, 0.6) is 11.5 Å². The van der Waals surface area contributed by atoms with Crippen molar-refractivity contribution in [2.45, 2.75) is 6.54 Å². The van der Waals surface area contributed by atoms with Crippen LogP contribution in [0.2, 0.25) is 0 Å². The second-order valence-corrected chi connectivity index (χ2v) is 4.29. The van der Waals surface area contributed by atoms with E-state index in [4.69, 9.17) is 9.47 Å². The Hall–Kier alpha value is -2.37. The number of halogens is 3. The molecular formula is C15H14F3NO2. The lowest BCUT2D eigenvalue weighted by Gasteiger charge is -2.13. The second-order valence-electron chi connectivity index (χ2n) is 4.29. The number of hydrogen-bond donors (Lipinski definition) is 1. The summed E-state index contributed by atoms with van der Waals surface area (Å²) in [6.07, 6.45) is 0. The highest BCUT2D eigenvalue weighted by Crippen LogP contribution is 2.29. The lowest BCUT2D eigenvalue weighted by molar-refractivity contribution is 0.404. The van der Waals surface area contributed by atoms with Crippen LogP contribution in [0.1, 0.15) is 5.56 Å². The average Bonchev–Trinajstić information content (AvgIpc) is 2.50. The topological polar surface area (TPSA) is 30.5 Å². The third kappa shape index (κ3) is 3.39. The highest BCUT2D eigenvalue weighted by Gasteiger charge is 2.11. The van der Waals surface area contributed by atoms with Crippen LogP contribution in [0.3, 0.4) is 0 Å². The first kappa shape index (κ1) is 15.0. The van der Waals surface area contributed by atoms with Crippen LogP contribution >= 0.6 is 0 Å². The monoisotopic (exact) mass is 297 g/mol. The van der Waals surface area contributed by atoms with Crippen LogP contribution in [0, 0.1) is 17.5 Å². The van der Waals surface area contributed by atoms with Gasteiger partial charge in [0.15, 0.2) is 17.5 Å². The first-order valence-corrected chi connectivity index (χ1v) is 6.14. The number of anilines is 1. The maximum atomic E-state index is 13.1. The van der Waals surface area contributed by atoms with Crippen molar-refractivity contribution in [3.63, 3.8) is 0 Å². The molecule has 0 fully saturated rings. The zero-order valence-corrected chi connectivity index (χ0v) is 11.5. The number of methoxy groups -OCH3 is 2. The molecule has 0 aromatic heterocycles. The minimum Gasteiger partial charge on any atom is -0.497 e. The minimum absolute atomic E-state index is 0.109. The molecule has 3 nitrogen and oxygen atoms in total. The van der Waals surface area contributed by atoms with E-state index in [2.05, 4.69) is 5.32 Å². The van der Waals surface area contributed by atoms with E-state index in [1.165, 1.54) is 14.2 Å². The number of rotatable bonds is 5. The quantitative estimate of drug-likeness (QED) is 0.853. The predicted octanol–water partition coefficient (Wildman–Crippen LogP) is 3.73. The summed E-state index contributed by atoms with van der Waals surface area (Å²) in [4.78, 5) is 0. The third-order valence-corrected chi connectivity index (χ3v) is 2.93. The van der Waals surface area contributed by atoms with Gasteiger partial charge < -0.3 is 14.8 Å². The van der Waals surface area contributed by atoms with Crippen molar-refractivity contribution in [1.29, 1.82) is 0 Å². The standard InChI is InChI=1S/C15H14F3NO2/c1-20-10-3-4-14(21-2)13(7-10)19-8-9-5-11(16)15(18)12(17)6-9/h3-7,19H,8H2,1-2H3. The summed E-state index contributed by atoms with van der Waals surface area (Å²) < 4.78 is 49.4. The maximum Gasteiger partial charge on any atom is 0.194 e. The molecule has 0 spiro atoms. The molecule has 0 aliphatic rings. The first-order chi connectivity index (χ1) is 10.0. The van der Waals surface area contributed by atoms with Crippen LogP contribution in [0.4, 0.5) is 18.9 Å². The molecule has 112 valence electrons. The number of nitrogens with one attached hydrogen (secondary N) is 1. The molecule has 0 heterocycles. The Kier molecular flexibility index (Phi) is 4.57. The van der Waals surface area contributed by atoms with Crippen molar-refractivity contribution in [1.82, 2.24) is 0 Å². The minimum atomic E-state index is -1.47. The van der Waals surface area contributed by atoms with Gasteiger partial charge in [-0.25, -0.2) is 13.2 Å². The zero-order valence-electron chi connectivity index (χ0n) is 11.5. The highest BCUT2D eigenvalue weighted by molar-refractivity contribution is 5.59. The second kappa shape index (κ2) is 6.39. The summed E-state index contributed by atoms with van der Waals surface area (Å²) >= 11 is 0. The van der Waals surface area contributed by atoms with Crippen molar-refractivity contribution in [2.75, 3.05) is 19.5 Å². The smallest absolute Gasteiger partial charge is 0.194 e. The van der Waals surface area contributed by atoms with Gasteiger partial charge in [-0.05, 0) is 29.8 Å². The van der Waals surface area contributed by atoms with Gasteiger partial charge >= 0.3 is 0 Å². The average molecular weight is 297 g/mol. The fourth-order valence-electron chi connectivity index (χ4n) is 1.86. The molecule has 0 aliphatic carbocycles. The molecule has 0 atom stereocenters. The Morgan fingerprint density at radius 3 is 2.19 bits per heavy atom. The van der Waals surface area contributed by atoms with Crippen LogP contribution in [0.25, 0.3) is 0 Å². The van der Waals surface area contributed by atoms with Gasteiger partial charge in [0, 0.05) is 12.6 Å². The number of hydrogen-bond acceptors (Lipinski definition) is 3. The van der Waals surface area contributed by atoms with Gasteiger partial charge in [-0.15, -0.1) is 0 Å². The largest absolute Gasteiger partial charge is 0.497 e. The van der Waals surface area contributed by atoms with E-state index in [1.807, 2.05) is 0 Å². The van der Waals surface area contributed by atoms with Gasteiger partial charge in [0.25, 0.3) is 0 Å². The van der Waals surface area contributed by atoms with Crippen molar-refractivity contribution < 1.29 is 22.6 Å². The maximum absolute atomic E-state index is 13.1. The third-order valence-electron chi connectivity index (χ3n) is 2.93. The van der Waals surface area contributed by atoms with Crippen molar-refractivity contribution >= 4 is 5.69 Å². The molecule has 6 heteroatoms. The molecule has 0 saturated carbocycles. The van der Waals surface area contributed by atoms with Gasteiger partial charge in [-0.3, -0.25) is 0 Å². The van der Waals surface area contributed by atoms with E-state index >= 15 is 0 Å². The van der Waals surface area contributed by atoms with Crippen molar-refractivity contribution in [3.05, 3.63) is 53.3 Å². The van der Waals surface area contributed by atoms with Crippen LogP contribution < -0.4 is 14.8 Å². The van der Waals surface area contributed by atoms with Crippen LogP contribution in [-0.4, -0.2) is 14.2 Å². The van der Waals surface area contributed by atoms with E-state index in [1.54, 1.807) is 18.2 Å². The molecule has 0 amide bonds. The fourth-order valence-corrected chi connectivity index (χ4v) is 1.86. The lowest BCUT2D eigenvalue weighted by atomic mass is 10.2. The summed E-state index contributed by atoms with van der Waals surface area (Å²) in [6.45, 7) is 0.109. The Morgan fingerprint density at radius 2 is 1.62 bits per heavy atom. The molecule has 0 unspecified atom stereocenters. The molecular weight excluding hydrogens is 283 g/mol. The van der Waals surface area contributed by atoms with E-state index in [9.17, 15) is 13.2 Å². The molecule has 0 bridgehead atoms. The van der Waals surface area contributed by atoms with Gasteiger partial charge in [-0.1, -0.05) is 0 Å². The fraction of sp³-hybridized carbons (Fsp3) is 0.200. The van der Waals surface area contributed by atoms with Gasteiger partial charge in [0.2, 0.25) is 0 Å². The molecule has 2 aromatic rings. The molecule has 0 saturated heterocycles. The molecule has 0 radical (unpaired) electrons. The van der Waals surface area contributed by atoms with Crippen molar-refractivity contribution in [2.24, 2.45) is 0 Å². The summed E-state index contributed by atoms with van der Waals surface area (Å²) in [6, 6.07) is 7.00. The summed E-state index contributed by atoms with van der Waals surface area (Å²) in [5, 5.41) is 2.97. The predicted molar refractivity (Wildman–Crippen MR) is 73.2 cm³/mol. The van der Waals surface area contributed by atoms with E-state index in [0.29, 0.717) is 17.2 Å². The Bertz CT molecular complexity index is 624. The molecule has 1 N–H and O–H groups in total. The Morgan fingerprint density at radius 1 is 0.952 bits per heavy atom. The van der Waals surface area contributed by atoms with E-state index in [-0.39, 0.29) is 12.1 Å². The summed E-state index contributed by atoms with van der Waals surface area (Å²) in [5.74, 6) is -2.75. The molecule has 21 heavy (non-hydrogen) atoms. The van der Waals surface area contributed by atoms with Gasteiger partial charge in [0.1, 0.15) is 11.5 Å². The molecule has 2 aromatic carbocycles. The Balaban J connectivity index is 2.19. The molecule has 2 rings (SSSR count). The van der Waals surface area contributed by atoms with E-state index < -0.39 is 17.5 Å². The number of ether oxygens (including phenoxy) is 2. The van der Waals surface area contributed by atoms with E-state index in [0.717, 1.165) is 12.1 Å². The normalized spacial score (nSPS) is 10.3. The lowest BCUT2D eigenvalue weighted by Crippen LogP contribution is -2.04. The zero-order chi connectivity index (χ0) is 15.4. The summed E-state index contributed by atoms with van der Waals surface area (Å²) in [7, 11) is 3.03. The molecule has 0 aliphatic heterocycles. The van der Waals surface area contributed by atoms with Crippen LogP contribution in [0.15, 0.2) is 30.3 Å². The Labute approximate surface area is 120 Å². The van der Waals surface area contributed by atoms with Crippen molar-refractivity contribution in [3.8, 4) is 11.5 Å². The summed E-state index contributed by atoms with van der Waals surface area (Å²) in [5.41, 5.74) is 0.873. The van der Waals surface area contributed by atoms with Gasteiger partial charge in [-0.2, -0.15) is 0 Å².